The van der Waals surface area contributed by atoms with Crippen LogP contribution in [0.4, 0.5) is 5.95 Å². The molecule has 0 saturated carbocycles. The smallest absolute Gasteiger partial charge is 0.252 e. The fourth-order valence-corrected chi connectivity index (χ4v) is 4.57. The lowest BCUT2D eigenvalue weighted by Crippen LogP contribution is -2.48. The van der Waals surface area contributed by atoms with E-state index in [4.69, 9.17) is 10.2 Å². The van der Waals surface area contributed by atoms with Gasteiger partial charge in [-0.1, -0.05) is 36.4 Å². The van der Waals surface area contributed by atoms with Crippen molar-refractivity contribution < 1.29 is 9.21 Å². The van der Waals surface area contributed by atoms with E-state index in [0.29, 0.717) is 41.2 Å². The molecule has 3 N–H and O–H groups in total. The molecule has 5 heterocycles. The second-order valence-corrected chi connectivity index (χ2v) is 9.13. The molecule has 1 aromatic carbocycles. The topological polar surface area (TPSA) is 142 Å². The lowest BCUT2D eigenvalue weighted by molar-refractivity contribution is -0.127. The van der Waals surface area contributed by atoms with Crippen molar-refractivity contribution in [3.8, 4) is 11.6 Å². The number of pyridine rings is 1. The summed E-state index contributed by atoms with van der Waals surface area (Å²) in [6.07, 6.45) is 3.78. The molecule has 11 nitrogen and oxygen atoms in total. The van der Waals surface area contributed by atoms with Crippen LogP contribution >= 0.6 is 0 Å². The summed E-state index contributed by atoms with van der Waals surface area (Å²) in [6, 6.07) is 18.8. The molecule has 5 aromatic heterocycles. The van der Waals surface area contributed by atoms with Crippen LogP contribution in [0.1, 0.15) is 23.9 Å². The maximum Gasteiger partial charge on any atom is 0.252 e. The second kappa shape index (κ2) is 9.11. The van der Waals surface area contributed by atoms with E-state index >= 15 is 0 Å². The van der Waals surface area contributed by atoms with Crippen LogP contribution in [0.5, 0.6) is 0 Å². The van der Waals surface area contributed by atoms with E-state index in [-0.39, 0.29) is 11.9 Å². The number of amides is 1. The van der Waals surface area contributed by atoms with Crippen LogP contribution in [0.15, 0.2) is 77.5 Å². The molecular formula is C27H25N9O2. The number of aromatic nitrogens is 7. The SMILES string of the molecule is Cc1cccc(CCNC(=O)[C@@](C)(c2ccccc2)n2ncc3c2nc(N)n2nc(-c4ccco4)nc32)n1. The first kappa shape index (κ1) is 23.3. The summed E-state index contributed by atoms with van der Waals surface area (Å²) < 4.78 is 8.49. The number of carbonyl (C=O) groups is 1. The van der Waals surface area contributed by atoms with Crippen molar-refractivity contribution in [2.75, 3.05) is 12.3 Å². The van der Waals surface area contributed by atoms with Crippen LogP contribution in [0.25, 0.3) is 28.3 Å². The highest BCUT2D eigenvalue weighted by atomic mass is 16.3. The van der Waals surface area contributed by atoms with Crippen LogP contribution in [-0.4, -0.2) is 46.8 Å². The molecule has 0 aliphatic heterocycles. The minimum Gasteiger partial charge on any atom is -0.461 e. The van der Waals surface area contributed by atoms with Gasteiger partial charge in [0.25, 0.3) is 5.91 Å². The van der Waals surface area contributed by atoms with Crippen LogP contribution in [-0.2, 0) is 16.8 Å². The molecule has 1 amide bonds. The number of aryl methyl sites for hydroxylation is 1. The number of nitrogen functional groups attached to an aromatic ring is 1. The highest BCUT2D eigenvalue weighted by Gasteiger charge is 2.40. The van der Waals surface area contributed by atoms with Gasteiger partial charge in [-0.05, 0) is 43.7 Å². The van der Waals surface area contributed by atoms with E-state index < -0.39 is 5.54 Å². The van der Waals surface area contributed by atoms with Crippen molar-refractivity contribution in [3.63, 3.8) is 0 Å². The zero-order valence-electron chi connectivity index (χ0n) is 20.9. The van der Waals surface area contributed by atoms with E-state index in [0.717, 1.165) is 17.0 Å². The zero-order chi connectivity index (χ0) is 26.3. The zero-order valence-corrected chi connectivity index (χ0v) is 20.9. The van der Waals surface area contributed by atoms with Crippen molar-refractivity contribution in [1.29, 1.82) is 0 Å². The molecule has 0 saturated heterocycles. The number of carbonyl (C=O) groups excluding carboxylic acids is 1. The third-order valence-corrected chi connectivity index (χ3v) is 6.59. The number of nitrogens with two attached hydrogens (primary N) is 1. The van der Waals surface area contributed by atoms with Gasteiger partial charge in [0.05, 0.1) is 17.8 Å². The third-order valence-electron chi connectivity index (χ3n) is 6.59. The predicted molar refractivity (Wildman–Crippen MR) is 141 cm³/mol. The number of nitrogens with one attached hydrogen (secondary N) is 1. The molecule has 6 aromatic rings. The summed E-state index contributed by atoms with van der Waals surface area (Å²) in [5.74, 6) is 0.752. The summed E-state index contributed by atoms with van der Waals surface area (Å²) in [4.78, 5) is 27.6. The average Bonchev–Trinajstić information content (AvgIpc) is 3.68. The van der Waals surface area contributed by atoms with Gasteiger partial charge in [-0.15, -0.1) is 5.10 Å². The van der Waals surface area contributed by atoms with Gasteiger partial charge < -0.3 is 15.5 Å². The number of hydrogen-bond acceptors (Lipinski definition) is 8. The number of anilines is 1. The molecule has 0 fully saturated rings. The molecule has 11 heteroatoms. The molecule has 6 rings (SSSR count). The van der Waals surface area contributed by atoms with Gasteiger partial charge in [-0.25, -0.2) is 9.67 Å². The third kappa shape index (κ3) is 3.84. The average molecular weight is 508 g/mol. The minimum atomic E-state index is -1.23. The normalized spacial score (nSPS) is 13.1. The molecule has 0 spiro atoms. The lowest BCUT2D eigenvalue weighted by Gasteiger charge is -2.30. The molecular weight excluding hydrogens is 482 g/mol. The van der Waals surface area contributed by atoms with Crippen molar-refractivity contribution >= 4 is 28.5 Å². The number of benzene rings is 1. The maximum absolute atomic E-state index is 13.9. The van der Waals surface area contributed by atoms with Crippen molar-refractivity contribution in [2.24, 2.45) is 0 Å². The standard InChI is InChI=1S/C27H25N9O2/c1-17-8-6-11-19(31-17)13-14-29-25(37)27(2,18-9-4-3-5-10-18)36-24-20(16-30-36)23-32-22(21-12-7-15-38-21)34-35(23)26(28)33-24/h3-12,15-16H,13-14H2,1-2H3,(H2,28,33)(H,29,37)/t27-/m1/s1. The Morgan fingerprint density at radius 3 is 2.63 bits per heavy atom. The van der Waals surface area contributed by atoms with Crippen LogP contribution in [0.3, 0.4) is 0 Å². The number of furan rings is 1. The highest BCUT2D eigenvalue weighted by Crippen LogP contribution is 2.31. The Bertz CT molecular complexity index is 1760. The Kier molecular flexibility index (Phi) is 5.60. The van der Waals surface area contributed by atoms with Gasteiger partial charge in [0.2, 0.25) is 11.8 Å². The van der Waals surface area contributed by atoms with Crippen molar-refractivity contribution in [3.05, 3.63) is 90.1 Å². The summed E-state index contributed by atoms with van der Waals surface area (Å²) in [5.41, 5.74) is 8.54. The monoisotopic (exact) mass is 507 g/mol. The Morgan fingerprint density at radius 2 is 1.87 bits per heavy atom. The van der Waals surface area contributed by atoms with Gasteiger partial charge in [0.15, 0.2) is 22.6 Å². The van der Waals surface area contributed by atoms with Gasteiger partial charge >= 0.3 is 0 Å². The van der Waals surface area contributed by atoms with Crippen molar-refractivity contribution in [2.45, 2.75) is 25.8 Å². The first-order chi connectivity index (χ1) is 18.4. The Hall–Kier alpha value is -5.06. The first-order valence-electron chi connectivity index (χ1n) is 12.2. The molecule has 190 valence electrons. The number of nitrogens with zero attached hydrogens (tertiary/aromatic N) is 7. The summed E-state index contributed by atoms with van der Waals surface area (Å²) >= 11 is 0. The van der Waals surface area contributed by atoms with E-state index in [1.807, 2.05) is 62.4 Å². The molecule has 0 aliphatic carbocycles. The van der Waals surface area contributed by atoms with Gasteiger partial charge in [0, 0.05) is 24.4 Å². The van der Waals surface area contributed by atoms with E-state index in [1.165, 1.54) is 4.52 Å². The van der Waals surface area contributed by atoms with Crippen LogP contribution in [0, 0.1) is 6.92 Å². The Morgan fingerprint density at radius 1 is 1.03 bits per heavy atom. The molecule has 38 heavy (non-hydrogen) atoms. The largest absolute Gasteiger partial charge is 0.461 e. The van der Waals surface area contributed by atoms with Gasteiger partial charge in [0.1, 0.15) is 0 Å². The van der Waals surface area contributed by atoms with Gasteiger partial charge in [-0.3, -0.25) is 9.78 Å². The fourth-order valence-electron chi connectivity index (χ4n) is 4.57. The lowest BCUT2D eigenvalue weighted by atomic mass is 9.91. The molecule has 1 atom stereocenters. The van der Waals surface area contributed by atoms with E-state index in [1.54, 1.807) is 29.3 Å². The predicted octanol–water partition coefficient (Wildman–Crippen LogP) is 3.14. The maximum atomic E-state index is 13.9. The minimum absolute atomic E-state index is 0.112. The van der Waals surface area contributed by atoms with E-state index in [9.17, 15) is 4.79 Å². The Balaban J connectivity index is 1.42. The van der Waals surface area contributed by atoms with Crippen LogP contribution < -0.4 is 11.1 Å². The molecule has 0 aliphatic rings. The Labute approximate surface area is 217 Å². The number of fused-ring (bicyclic) bond motifs is 3. The molecule has 0 radical (unpaired) electrons. The summed E-state index contributed by atoms with van der Waals surface area (Å²) in [7, 11) is 0. The first-order valence-corrected chi connectivity index (χ1v) is 12.2. The summed E-state index contributed by atoms with van der Waals surface area (Å²) in [6.45, 7) is 4.17. The van der Waals surface area contributed by atoms with Crippen molar-refractivity contribution in [1.82, 2.24) is 39.7 Å². The fraction of sp³-hybridized carbons (Fsp3) is 0.185. The second-order valence-electron chi connectivity index (χ2n) is 9.13. The number of rotatable bonds is 7. The molecule has 0 bridgehead atoms. The highest BCUT2D eigenvalue weighted by molar-refractivity contribution is 5.94. The van der Waals surface area contributed by atoms with Gasteiger partial charge in [-0.2, -0.15) is 14.6 Å². The van der Waals surface area contributed by atoms with E-state index in [2.05, 4.69) is 30.5 Å². The number of hydrogen-bond donors (Lipinski definition) is 2. The van der Waals surface area contributed by atoms with Crippen LogP contribution in [0.2, 0.25) is 0 Å². The summed E-state index contributed by atoms with van der Waals surface area (Å²) in [5, 5.41) is 12.7. The quantitative estimate of drug-likeness (QED) is 0.336. The molecule has 0 unspecified atom stereocenters.